The second kappa shape index (κ2) is 21.4. The largest absolute Gasteiger partial charge is 0.380 e. The number of nitrogens with two attached hydrogens (primary N) is 1. The Kier molecular flexibility index (Phi) is 16.7. The number of carbonyl (C=O) groups excluding carboxylic acids is 2. The number of carbonyl (C=O) groups is 2. The third kappa shape index (κ3) is 14.3. The van der Waals surface area contributed by atoms with Gasteiger partial charge in [-0.05, 0) is 55.7 Å². The van der Waals surface area contributed by atoms with E-state index in [1.165, 1.54) is 0 Å². The third-order valence-electron chi connectivity index (χ3n) is 6.24. The Labute approximate surface area is 264 Å². The summed E-state index contributed by atoms with van der Waals surface area (Å²) in [5.74, 6) is 0.914. The van der Waals surface area contributed by atoms with Gasteiger partial charge >= 0.3 is 0 Å². The molecule has 0 fully saturated rings. The van der Waals surface area contributed by atoms with Crippen molar-refractivity contribution in [3.8, 4) is 0 Å². The highest BCUT2D eigenvalue weighted by Crippen LogP contribution is 2.16. The van der Waals surface area contributed by atoms with Crippen molar-refractivity contribution in [1.29, 1.82) is 0 Å². The summed E-state index contributed by atoms with van der Waals surface area (Å²) in [6.45, 7) is 4.99. The van der Waals surface area contributed by atoms with Crippen molar-refractivity contribution in [2.75, 3.05) is 88.8 Å². The van der Waals surface area contributed by atoms with Gasteiger partial charge in [-0.1, -0.05) is 18.2 Å². The summed E-state index contributed by atoms with van der Waals surface area (Å²) in [6.07, 6.45) is 2.77. The molecule has 14 nitrogen and oxygen atoms in total. The predicted molar refractivity (Wildman–Crippen MR) is 174 cm³/mol. The van der Waals surface area contributed by atoms with Gasteiger partial charge in [0, 0.05) is 56.6 Å². The molecule has 2 amide bonds. The van der Waals surface area contributed by atoms with Crippen LogP contribution in [0.5, 0.6) is 0 Å². The molecule has 244 valence electrons. The summed E-state index contributed by atoms with van der Waals surface area (Å²) in [5, 5.41) is 15.0. The van der Waals surface area contributed by atoms with Crippen LogP contribution >= 0.6 is 0 Å². The molecule has 2 aromatic carbocycles. The van der Waals surface area contributed by atoms with E-state index in [1.807, 2.05) is 18.2 Å². The standard InChI is InChI=1S/C31H45N9O5/c1-33-29-38-30(36-17-21-43-18-7-3-6-15-34-27(41)24-8-4-2-5-9-24)40-31(39-29)37-26-12-10-25(11-13-26)28(42)35-16-20-45-23-22-44-19-14-32/h2,4-5,8-13H,3,6-7,14-23,32H2,1H3,(H,34,41)(H,35,42)(H3,33,36,37,38,39,40). The number of nitrogens with zero attached hydrogens (tertiary/aromatic N) is 3. The van der Waals surface area contributed by atoms with Crippen LogP contribution in [-0.4, -0.2) is 99.6 Å². The van der Waals surface area contributed by atoms with Gasteiger partial charge in [-0.15, -0.1) is 0 Å². The van der Waals surface area contributed by atoms with Crippen LogP contribution in [0.3, 0.4) is 0 Å². The summed E-state index contributed by atoms with van der Waals surface area (Å²) in [6, 6.07) is 16.2. The van der Waals surface area contributed by atoms with Crippen LogP contribution < -0.4 is 32.3 Å². The van der Waals surface area contributed by atoms with Gasteiger partial charge in [-0.25, -0.2) is 0 Å². The van der Waals surface area contributed by atoms with Crippen molar-refractivity contribution in [3.63, 3.8) is 0 Å². The lowest BCUT2D eigenvalue weighted by molar-refractivity contribution is 0.0511. The van der Waals surface area contributed by atoms with Gasteiger partial charge in [0.2, 0.25) is 17.8 Å². The first kappa shape index (κ1) is 35.1. The Hall–Kier alpha value is -4.37. The number of amides is 2. The number of anilines is 4. The van der Waals surface area contributed by atoms with Gasteiger partial charge in [0.1, 0.15) is 0 Å². The summed E-state index contributed by atoms with van der Waals surface area (Å²) in [7, 11) is 1.73. The van der Waals surface area contributed by atoms with Gasteiger partial charge in [-0.2, -0.15) is 15.0 Å². The number of nitrogens with one attached hydrogen (secondary N) is 5. The fourth-order valence-corrected chi connectivity index (χ4v) is 3.94. The minimum atomic E-state index is -0.191. The minimum absolute atomic E-state index is 0.0477. The highest BCUT2D eigenvalue weighted by Gasteiger charge is 2.09. The van der Waals surface area contributed by atoms with Crippen molar-refractivity contribution in [1.82, 2.24) is 25.6 Å². The number of ether oxygens (including phenoxy) is 3. The lowest BCUT2D eigenvalue weighted by Crippen LogP contribution is -2.27. The molecule has 0 saturated carbocycles. The fourth-order valence-electron chi connectivity index (χ4n) is 3.94. The molecule has 0 aliphatic rings. The average Bonchev–Trinajstić information content (AvgIpc) is 3.07. The average molecular weight is 624 g/mol. The number of benzene rings is 2. The zero-order valence-corrected chi connectivity index (χ0v) is 25.8. The van der Waals surface area contributed by atoms with E-state index in [0.717, 1.165) is 24.9 Å². The summed E-state index contributed by atoms with van der Waals surface area (Å²) in [4.78, 5) is 37.6. The van der Waals surface area contributed by atoms with Crippen molar-refractivity contribution in [2.24, 2.45) is 5.73 Å². The van der Waals surface area contributed by atoms with E-state index in [2.05, 4.69) is 41.5 Å². The summed E-state index contributed by atoms with van der Waals surface area (Å²) < 4.78 is 16.4. The van der Waals surface area contributed by atoms with E-state index in [4.69, 9.17) is 19.9 Å². The Morgan fingerprint density at radius 2 is 1.27 bits per heavy atom. The van der Waals surface area contributed by atoms with Gasteiger partial charge in [-0.3, -0.25) is 9.59 Å². The second-order valence-electron chi connectivity index (χ2n) is 9.75. The Bertz CT molecular complexity index is 1270. The maximum atomic E-state index is 12.4. The van der Waals surface area contributed by atoms with E-state index >= 15 is 0 Å². The lowest BCUT2D eigenvalue weighted by Gasteiger charge is -2.11. The molecule has 1 heterocycles. The zero-order chi connectivity index (χ0) is 32.0. The first-order valence-corrected chi connectivity index (χ1v) is 15.2. The van der Waals surface area contributed by atoms with Gasteiger partial charge in [0.15, 0.2) is 0 Å². The maximum Gasteiger partial charge on any atom is 0.251 e. The fraction of sp³-hybridized carbons (Fsp3) is 0.452. The van der Waals surface area contributed by atoms with Crippen molar-refractivity contribution < 1.29 is 23.8 Å². The molecule has 7 N–H and O–H groups in total. The van der Waals surface area contributed by atoms with Crippen LogP contribution in [0.15, 0.2) is 54.6 Å². The smallest absolute Gasteiger partial charge is 0.251 e. The molecule has 0 aliphatic heterocycles. The third-order valence-corrected chi connectivity index (χ3v) is 6.24. The molecule has 14 heteroatoms. The van der Waals surface area contributed by atoms with Gasteiger partial charge in [0.05, 0.1) is 33.0 Å². The number of hydrogen-bond donors (Lipinski definition) is 6. The molecule has 3 rings (SSSR count). The first-order valence-electron chi connectivity index (χ1n) is 15.2. The molecule has 0 spiro atoms. The number of aromatic nitrogens is 3. The van der Waals surface area contributed by atoms with Crippen LogP contribution in [0.4, 0.5) is 23.5 Å². The molecular weight excluding hydrogens is 578 g/mol. The van der Waals surface area contributed by atoms with Crippen LogP contribution in [0.25, 0.3) is 0 Å². The van der Waals surface area contributed by atoms with Crippen LogP contribution in [0, 0.1) is 0 Å². The van der Waals surface area contributed by atoms with Gasteiger partial charge in [0.25, 0.3) is 11.8 Å². The molecule has 0 atom stereocenters. The predicted octanol–water partition coefficient (Wildman–Crippen LogP) is 2.41. The second-order valence-corrected chi connectivity index (χ2v) is 9.75. The molecule has 0 saturated heterocycles. The molecule has 0 unspecified atom stereocenters. The molecule has 3 aromatic rings. The van der Waals surface area contributed by atoms with Gasteiger partial charge < -0.3 is 46.5 Å². The summed E-state index contributed by atoms with van der Waals surface area (Å²) in [5.41, 5.74) is 7.27. The Morgan fingerprint density at radius 3 is 2.00 bits per heavy atom. The molecule has 0 bridgehead atoms. The first-order chi connectivity index (χ1) is 22.1. The topological polar surface area (TPSA) is 187 Å². The van der Waals surface area contributed by atoms with Crippen LogP contribution in [-0.2, 0) is 14.2 Å². The van der Waals surface area contributed by atoms with E-state index in [1.54, 1.807) is 43.4 Å². The van der Waals surface area contributed by atoms with Crippen molar-refractivity contribution >= 4 is 35.3 Å². The number of unbranched alkanes of at least 4 members (excludes halogenated alkanes) is 2. The quantitative estimate of drug-likeness (QED) is 0.0849. The summed E-state index contributed by atoms with van der Waals surface area (Å²) >= 11 is 0. The highest BCUT2D eigenvalue weighted by molar-refractivity contribution is 5.94. The zero-order valence-electron chi connectivity index (χ0n) is 25.8. The number of rotatable bonds is 23. The molecule has 0 aliphatic carbocycles. The Balaban J connectivity index is 1.30. The SMILES string of the molecule is CNc1nc(NCCOCCCCCNC(=O)c2ccccc2)nc(Nc2ccc(C(=O)NCCOCCOCCN)cc2)n1. The van der Waals surface area contributed by atoms with E-state index in [0.29, 0.717) is 94.8 Å². The van der Waals surface area contributed by atoms with Crippen molar-refractivity contribution in [2.45, 2.75) is 19.3 Å². The van der Waals surface area contributed by atoms with E-state index in [-0.39, 0.29) is 11.8 Å². The highest BCUT2D eigenvalue weighted by atomic mass is 16.5. The molecule has 1 aromatic heterocycles. The Morgan fingerprint density at radius 1 is 0.644 bits per heavy atom. The number of hydrogen-bond acceptors (Lipinski definition) is 12. The normalized spacial score (nSPS) is 10.7. The molecule has 45 heavy (non-hydrogen) atoms. The van der Waals surface area contributed by atoms with E-state index < -0.39 is 0 Å². The van der Waals surface area contributed by atoms with Crippen LogP contribution in [0.2, 0.25) is 0 Å². The lowest BCUT2D eigenvalue weighted by atomic mass is 10.2. The molecule has 0 radical (unpaired) electrons. The van der Waals surface area contributed by atoms with Crippen molar-refractivity contribution in [3.05, 3.63) is 65.7 Å². The van der Waals surface area contributed by atoms with E-state index in [9.17, 15) is 9.59 Å². The monoisotopic (exact) mass is 623 g/mol. The van der Waals surface area contributed by atoms with Crippen LogP contribution in [0.1, 0.15) is 40.0 Å². The minimum Gasteiger partial charge on any atom is -0.380 e. The molecular formula is C31H45N9O5. The maximum absolute atomic E-state index is 12.4.